The summed E-state index contributed by atoms with van der Waals surface area (Å²) in [4.78, 5) is 32.1. The lowest BCUT2D eigenvalue weighted by molar-refractivity contribution is -0.158. The van der Waals surface area contributed by atoms with E-state index < -0.39 is 6.04 Å². The number of carbonyl (C=O) groups is 2. The molecule has 1 saturated heterocycles. The second-order valence-corrected chi connectivity index (χ2v) is 6.27. The summed E-state index contributed by atoms with van der Waals surface area (Å²) in [5, 5.41) is 1.15. The Balaban J connectivity index is 1.82. The number of rotatable bonds is 2. The van der Waals surface area contributed by atoms with Gasteiger partial charge in [-0.25, -0.2) is 0 Å². The Hall–Kier alpha value is -2.56. The minimum atomic E-state index is -0.405. The van der Waals surface area contributed by atoms with Gasteiger partial charge in [0, 0.05) is 29.6 Å². The molecule has 5 nitrogen and oxygen atoms in total. The highest BCUT2D eigenvalue weighted by Crippen LogP contribution is 2.38. The summed E-state index contributed by atoms with van der Waals surface area (Å²) < 4.78 is 0. The van der Waals surface area contributed by atoms with E-state index in [0.29, 0.717) is 13.0 Å². The third-order valence-electron chi connectivity index (χ3n) is 4.98. The van der Waals surface area contributed by atoms with E-state index in [1.807, 2.05) is 25.1 Å². The van der Waals surface area contributed by atoms with E-state index in [1.165, 1.54) is 0 Å². The first kappa shape index (κ1) is 14.1. The van der Waals surface area contributed by atoms with Crippen LogP contribution >= 0.6 is 0 Å². The molecule has 2 aliphatic rings. The Morgan fingerprint density at radius 3 is 2.91 bits per heavy atom. The van der Waals surface area contributed by atoms with E-state index in [0.717, 1.165) is 22.2 Å². The van der Waals surface area contributed by atoms with Gasteiger partial charge in [0.2, 0.25) is 11.8 Å². The van der Waals surface area contributed by atoms with E-state index in [1.54, 1.807) is 15.9 Å². The molecule has 2 aliphatic heterocycles. The molecule has 0 saturated carbocycles. The van der Waals surface area contributed by atoms with Crippen molar-refractivity contribution in [2.45, 2.75) is 25.4 Å². The molecule has 1 fully saturated rings. The van der Waals surface area contributed by atoms with E-state index >= 15 is 0 Å². The van der Waals surface area contributed by atoms with Crippen LogP contribution < -0.4 is 0 Å². The first-order chi connectivity index (χ1) is 11.1. The summed E-state index contributed by atoms with van der Waals surface area (Å²) >= 11 is 0. The molecule has 0 radical (unpaired) electrons. The van der Waals surface area contributed by atoms with Gasteiger partial charge in [-0.2, -0.15) is 0 Å². The van der Waals surface area contributed by atoms with Gasteiger partial charge < -0.3 is 14.8 Å². The Bertz CT molecular complexity index is 823. The van der Waals surface area contributed by atoms with Gasteiger partial charge in [-0.3, -0.25) is 9.59 Å². The third-order valence-corrected chi connectivity index (χ3v) is 4.98. The number of para-hydroxylation sites is 1. The van der Waals surface area contributed by atoms with Crippen LogP contribution in [0.2, 0.25) is 0 Å². The van der Waals surface area contributed by atoms with Gasteiger partial charge in [-0.15, -0.1) is 6.58 Å². The standard InChI is InChI=1S/C18H19N3O2/c1-3-8-20-10-16(22)21-11(2)17-13(9-15(21)18(20)23)12-6-4-5-7-14(12)19-17/h3-7,11,15,19H,1,8-10H2,2H3/t11-,15+/m1/s1. The second kappa shape index (κ2) is 4.98. The molecule has 2 amide bonds. The van der Waals surface area contributed by atoms with Crippen LogP contribution in [0.15, 0.2) is 36.9 Å². The minimum Gasteiger partial charge on any atom is -0.356 e. The van der Waals surface area contributed by atoms with Crippen LogP contribution in [-0.4, -0.2) is 45.7 Å². The maximum absolute atomic E-state index is 12.8. The molecule has 118 valence electrons. The number of nitrogens with one attached hydrogen (secondary N) is 1. The molecule has 2 atom stereocenters. The number of piperazine rings is 1. The van der Waals surface area contributed by atoms with Crippen LogP contribution in [0.1, 0.15) is 24.2 Å². The molecule has 3 heterocycles. The molecule has 0 aliphatic carbocycles. The Morgan fingerprint density at radius 1 is 1.35 bits per heavy atom. The number of carbonyl (C=O) groups excluding carboxylic acids is 2. The largest absolute Gasteiger partial charge is 0.356 e. The first-order valence-electron chi connectivity index (χ1n) is 7.92. The zero-order valence-corrected chi connectivity index (χ0v) is 13.1. The van der Waals surface area contributed by atoms with Crippen LogP contribution in [0, 0.1) is 0 Å². The van der Waals surface area contributed by atoms with Crippen molar-refractivity contribution in [3.8, 4) is 0 Å². The molecule has 0 bridgehead atoms. The van der Waals surface area contributed by atoms with Gasteiger partial charge in [0.15, 0.2) is 0 Å². The monoisotopic (exact) mass is 309 g/mol. The van der Waals surface area contributed by atoms with Crippen LogP contribution in [0.4, 0.5) is 0 Å². The minimum absolute atomic E-state index is 0.00764. The third kappa shape index (κ3) is 1.92. The summed E-state index contributed by atoms with van der Waals surface area (Å²) in [6.07, 6.45) is 2.24. The highest BCUT2D eigenvalue weighted by molar-refractivity contribution is 5.97. The number of nitrogens with zero attached hydrogens (tertiary/aromatic N) is 2. The van der Waals surface area contributed by atoms with Gasteiger partial charge in [0.25, 0.3) is 0 Å². The maximum atomic E-state index is 12.8. The molecule has 0 unspecified atom stereocenters. The zero-order chi connectivity index (χ0) is 16.1. The van der Waals surface area contributed by atoms with E-state index in [2.05, 4.69) is 17.6 Å². The van der Waals surface area contributed by atoms with Crippen LogP contribution in [0.25, 0.3) is 10.9 Å². The zero-order valence-electron chi connectivity index (χ0n) is 13.1. The molecule has 2 aromatic rings. The summed E-state index contributed by atoms with van der Waals surface area (Å²) in [5.41, 5.74) is 3.28. The van der Waals surface area contributed by atoms with Crippen molar-refractivity contribution in [2.75, 3.05) is 13.1 Å². The van der Waals surface area contributed by atoms with E-state index in [-0.39, 0.29) is 24.4 Å². The number of aromatic amines is 1. The SMILES string of the molecule is C=CCN1CC(=O)N2[C@H](C)c3[nH]c4ccccc4c3C[C@H]2C1=O. The number of hydrogen-bond donors (Lipinski definition) is 1. The van der Waals surface area contributed by atoms with Gasteiger partial charge in [0.1, 0.15) is 12.6 Å². The van der Waals surface area contributed by atoms with Crippen LogP contribution in [0.3, 0.4) is 0 Å². The molecule has 1 aromatic carbocycles. The van der Waals surface area contributed by atoms with Crippen molar-refractivity contribution >= 4 is 22.7 Å². The van der Waals surface area contributed by atoms with Gasteiger partial charge in [-0.05, 0) is 18.6 Å². The summed E-state index contributed by atoms with van der Waals surface area (Å²) in [7, 11) is 0. The predicted molar refractivity (Wildman–Crippen MR) is 87.8 cm³/mol. The van der Waals surface area contributed by atoms with Crippen molar-refractivity contribution in [3.63, 3.8) is 0 Å². The normalized spacial score (nSPS) is 23.9. The lowest BCUT2D eigenvalue weighted by Crippen LogP contribution is -2.62. The molecule has 23 heavy (non-hydrogen) atoms. The second-order valence-electron chi connectivity index (χ2n) is 6.27. The number of aromatic nitrogens is 1. The molecule has 0 spiro atoms. The van der Waals surface area contributed by atoms with Crippen molar-refractivity contribution in [2.24, 2.45) is 0 Å². The van der Waals surface area contributed by atoms with Crippen LogP contribution in [-0.2, 0) is 16.0 Å². The fourth-order valence-corrected chi connectivity index (χ4v) is 3.94. The average molecular weight is 309 g/mol. The quantitative estimate of drug-likeness (QED) is 0.863. The summed E-state index contributed by atoms with van der Waals surface area (Å²) in [5.74, 6) is 0.0283. The Labute approximate surface area is 134 Å². The van der Waals surface area contributed by atoms with Gasteiger partial charge in [-0.1, -0.05) is 24.3 Å². The smallest absolute Gasteiger partial charge is 0.246 e. The molecular weight excluding hydrogens is 290 g/mol. The summed E-state index contributed by atoms with van der Waals surface area (Å²) in [6.45, 7) is 6.23. The first-order valence-corrected chi connectivity index (χ1v) is 7.92. The lowest BCUT2D eigenvalue weighted by atomic mass is 9.90. The molecule has 4 rings (SSSR count). The predicted octanol–water partition coefficient (Wildman–Crippen LogP) is 2.01. The van der Waals surface area contributed by atoms with Crippen LogP contribution in [0.5, 0.6) is 0 Å². The number of fused-ring (bicyclic) bond motifs is 4. The summed E-state index contributed by atoms with van der Waals surface area (Å²) in [6, 6.07) is 7.59. The Kier molecular flexibility index (Phi) is 3.04. The topological polar surface area (TPSA) is 56.4 Å². The molecule has 1 aromatic heterocycles. The van der Waals surface area contributed by atoms with Crippen molar-refractivity contribution in [3.05, 3.63) is 48.2 Å². The highest BCUT2D eigenvalue weighted by Gasteiger charge is 2.45. The Morgan fingerprint density at radius 2 is 2.13 bits per heavy atom. The van der Waals surface area contributed by atoms with Gasteiger partial charge >= 0.3 is 0 Å². The number of benzene rings is 1. The molecular formula is C18H19N3O2. The van der Waals surface area contributed by atoms with E-state index in [4.69, 9.17) is 0 Å². The number of amides is 2. The van der Waals surface area contributed by atoms with Crippen molar-refractivity contribution < 1.29 is 9.59 Å². The fourth-order valence-electron chi connectivity index (χ4n) is 3.94. The van der Waals surface area contributed by atoms with Gasteiger partial charge in [0.05, 0.1) is 6.04 Å². The average Bonchev–Trinajstić information content (AvgIpc) is 2.92. The number of H-pyrrole nitrogens is 1. The van der Waals surface area contributed by atoms with E-state index in [9.17, 15) is 9.59 Å². The highest BCUT2D eigenvalue weighted by atomic mass is 16.2. The number of hydrogen-bond acceptors (Lipinski definition) is 2. The lowest BCUT2D eigenvalue weighted by Gasteiger charge is -2.45. The maximum Gasteiger partial charge on any atom is 0.246 e. The van der Waals surface area contributed by atoms with Crippen molar-refractivity contribution in [1.29, 1.82) is 0 Å². The molecule has 1 N–H and O–H groups in total. The molecule has 5 heteroatoms. The fraction of sp³-hybridized carbons (Fsp3) is 0.333. The van der Waals surface area contributed by atoms with Crippen molar-refractivity contribution in [1.82, 2.24) is 14.8 Å².